The third-order valence-electron chi connectivity index (χ3n) is 2.69. The van der Waals surface area contributed by atoms with Crippen LogP contribution in [0.5, 0.6) is 0 Å². The fraction of sp³-hybridized carbons (Fsp3) is 0.308. The van der Waals surface area contributed by atoms with E-state index in [0.29, 0.717) is 0 Å². The monoisotopic (exact) mass is 247 g/mol. The molecule has 2 aromatic rings. The number of rotatable bonds is 5. The van der Waals surface area contributed by atoms with Crippen molar-refractivity contribution in [1.82, 2.24) is 4.98 Å². The van der Waals surface area contributed by atoms with E-state index in [9.17, 15) is 0 Å². The van der Waals surface area contributed by atoms with E-state index in [2.05, 4.69) is 45.7 Å². The van der Waals surface area contributed by atoms with E-state index in [1.807, 2.05) is 19.4 Å². The first-order valence-corrected chi connectivity index (χ1v) is 6.61. The molecule has 0 radical (unpaired) electrons. The van der Waals surface area contributed by atoms with Crippen molar-refractivity contribution in [3.63, 3.8) is 0 Å². The quantitative estimate of drug-likeness (QED) is 0.879. The van der Waals surface area contributed by atoms with Gasteiger partial charge in [-0.3, -0.25) is 4.98 Å². The Bertz CT molecular complexity index is 453. The normalized spacial score (nSPS) is 10.2. The number of hydrogen-bond acceptors (Lipinski definition) is 4. The molecule has 1 N–H and O–H groups in total. The zero-order chi connectivity index (χ0) is 12.1. The van der Waals surface area contributed by atoms with Crippen LogP contribution >= 0.6 is 11.3 Å². The molecule has 2 aromatic heterocycles. The number of anilines is 2. The summed E-state index contributed by atoms with van der Waals surface area (Å²) in [4.78, 5) is 7.95. The van der Waals surface area contributed by atoms with Gasteiger partial charge in [0.05, 0.1) is 30.3 Å². The predicted molar refractivity (Wildman–Crippen MR) is 74.8 cm³/mol. The summed E-state index contributed by atoms with van der Waals surface area (Å²) in [7, 11) is 1.91. The maximum Gasteiger partial charge on any atom is 0.0576 e. The summed E-state index contributed by atoms with van der Waals surface area (Å²) in [5.74, 6) is 0. The molecule has 0 fully saturated rings. The molecule has 2 rings (SSSR count). The van der Waals surface area contributed by atoms with Crippen molar-refractivity contribution < 1.29 is 0 Å². The zero-order valence-corrected chi connectivity index (χ0v) is 11.0. The smallest absolute Gasteiger partial charge is 0.0576 e. The van der Waals surface area contributed by atoms with E-state index < -0.39 is 0 Å². The molecule has 0 amide bonds. The molecular formula is C13H17N3S. The summed E-state index contributed by atoms with van der Waals surface area (Å²) < 4.78 is 0. The van der Waals surface area contributed by atoms with Crippen LogP contribution in [0.4, 0.5) is 11.4 Å². The lowest BCUT2D eigenvalue weighted by Gasteiger charge is -2.22. The maximum absolute atomic E-state index is 4.25. The maximum atomic E-state index is 4.25. The van der Waals surface area contributed by atoms with Gasteiger partial charge in [0.1, 0.15) is 0 Å². The molecule has 0 atom stereocenters. The minimum atomic E-state index is 0.947. The van der Waals surface area contributed by atoms with Crippen LogP contribution in [-0.4, -0.2) is 18.6 Å². The molecule has 0 saturated carbocycles. The lowest BCUT2D eigenvalue weighted by Crippen LogP contribution is -2.21. The number of nitrogens with one attached hydrogen (secondary N) is 1. The van der Waals surface area contributed by atoms with Gasteiger partial charge in [-0.15, -0.1) is 11.3 Å². The standard InChI is InChI=1S/C13H17N3S/c1-3-16(10-13-5-4-6-17-13)12-7-11(14-2)8-15-9-12/h4-9,14H,3,10H2,1-2H3. The van der Waals surface area contributed by atoms with Crippen molar-refractivity contribution >= 4 is 22.7 Å². The van der Waals surface area contributed by atoms with Gasteiger partial charge < -0.3 is 10.2 Å². The second kappa shape index (κ2) is 5.68. The molecule has 0 unspecified atom stereocenters. The van der Waals surface area contributed by atoms with Crippen LogP contribution in [0.2, 0.25) is 0 Å². The third kappa shape index (κ3) is 2.97. The van der Waals surface area contributed by atoms with Crippen LogP contribution in [0.25, 0.3) is 0 Å². The SMILES string of the molecule is CCN(Cc1cccs1)c1cncc(NC)c1. The molecule has 3 nitrogen and oxygen atoms in total. The highest BCUT2D eigenvalue weighted by Gasteiger charge is 2.06. The van der Waals surface area contributed by atoms with E-state index in [0.717, 1.165) is 24.5 Å². The molecule has 0 aliphatic carbocycles. The summed E-state index contributed by atoms with van der Waals surface area (Å²) in [6, 6.07) is 6.39. The molecular weight excluding hydrogens is 230 g/mol. The van der Waals surface area contributed by atoms with Gasteiger partial charge in [0.2, 0.25) is 0 Å². The average Bonchev–Trinajstić information content (AvgIpc) is 2.89. The van der Waals surface area contributed by atoms with Crippen LogP contribution < -0.4 is 10.2 Å². The molecule has 0 aliphatic rings. The largest absolute Gasteiger partial charge is 0.387 e. The van der Waals surface area contributed by atoms with Crippen molar-refractivity contribution in [2.24, 2.45) is 0 Å². The Morgan fingerprint density at radius 2 is 2.29 bits per heavy atom. The first-order valence-electron chi connectivity index (χ1n) is 5.73. The number of hydrogen-bond donors (Lipinski definition) is 1. The van der Waals surface area contributed by atoms with Crippen molar-refractivity contribution in [3.05, 3.63) is 40.8 Å². The van der Waals surface area contributed by atoms with E-state index in [-0.39, 0.29) is 0 Å². The zero-order valence-electron chi connectivity index (χ0n) is 10.2. The van der Waals surface area contributed by atoms with Gasteiger partial charge in [0, 0.05) is 18.5 Å². The Morgan fingerprint density at radius 3 is 2.94 bits per heavy atom. The van der Waals surface area contributed by atoms with Gasteiger partial charge in [0.15, 0.2) is 0 Å². The van der Waals surface area contributed by atoms with Crippen LogP contribution in [0.15, 0.2) is 36.0 Å². The molecule has 17 heavy (non-hydrogen) atoms. The fourth-order valence-corrected chi connectivity index (χ4v) is 2.43. The molecule has 0 aliphatic heterocycles. The minimum absolute atomic E-state index is 0.947. The topological polar surface area (TPSA) is 28.2 Å². The first-order chi connectivity index (χ1) is 8.33. The molecule has 0 aromatic carbocycles. The van der Waals surface area contributed by atoms with Gasteiger partial charge in [0.25, 0.3) is 0 Å². The Hall–Kier alpha value is -1.55. The van der Waals surface area contributed by atoms with Gasteiger partial charge in [-0.1, -0.05) is 6.07 Å². The third-order valence-corrected chi connectivity index (χ3v) is 3.55. The second-order valence-corrected chi connectivity index (χ2v) is 4.81. The van der Waals surface area contributed by atoms with Crippen molar-refractivity contribution in [3.8, 4) is 0 Å². The lowest BCUT2D eigenvalue weighted by atomic mass is 10.3. The van der Waals surface area contributed by atoms with Crippen LogP contribution in [0.1, 0.15) is 11.8 Å². The van der Waals surface area contributed by atoms with Crippen molar-refractivity contribution in [1.29, 1.82) is 0 Å². The molecule has 2 heterocycles. The fourth-order valence-electron chi connectivity index (χ4n) is 1.71. The molecule has 0 spiro atoms. The minimum Gasteiger partial charge on any atom is -0.387 e. The van der Waals surface area contributed by atoms with Crippen LogP contribution in [0, 0.1) is 0 Å². The van der Waals surface area contributed by atoms with E-state index in [1.165, 1.54) is 4.88 Å². The number of nitrogens with zero attached hydrogens (tertiary/aromatic N) is 2. The van der Waals surface area contributed by atoms with Crippen LogP contribution in [-0.2, 0) is 6.54 Å². The van der Waals surface area contributed by atoms with Gasteiger partial charge in [-0.05, 0) is 24.4 Å². The molecule has 90 valence electrons. The Morgan fingerprint density at radius 1 is 1.41 bits per heavy atom. The highest BCUT2D eigenvalue weighted by atomic mass is 32.1. The summed E-state index contributed by atoms with van der Waals surface area (Å²) in [6.45, 7) is 4.09. The second-order valence-electron chi connectivity index (χ2n) is 3.78. The first kappa shape index (κ1) is 11.9. The summed E-state index contributed by atoms with van der Waals surface area (Å²) >= 11 is 1.79. The molecule has 0 bridgehead atoms. The van der Waals surface area contributed by atoms with Gasteiger partial charge in [-0.25, -0.2) is 0 Å². The Balaban J connectivity index is 2.16. The van der Waals surface area contributed by atoms with Gasteiger partial charge in [-0.2, -0.15) is 0 Å². The predicted octanol–water partition coefficient (Wildman–Crippen LogP) is 3.21. The summed E-state index contributed by atoms with van der Waals surface area (Å²) in [5.41, 5.74) is 2.21. The molecule has 0 saturated heterocycles. The number of thiophene rings is 1. The van der Waals surface area contributed by atoms with Gasteiger partial charge >= 0.3 is 0 Å². The number of pyridine rings is 1. The summed E-state index contributed by atoms with van der Waals surface area (Å²) in [6.07, 6.45) is 3.75. The summed E-state index contributed by atoms with van der Waals surface area (Å²) in [5, 5.41) is 5.24. The van der Waals surface area contributed by atoms with E-state index in [1.54, 1.807) is 11.3 Å². The van der Waals surface area contributed by atoms with Crippen molar-refractivity contribution in [2.75, 3.05) is 23.8 Å². The van der Waals surface area contributed by atoms with E-state index in [4.69, 9.17) is 0 Å². The Kier molecular flexibility index (Phi) is 3.98. The molecule has 4 heteroatoms. The average molecular weight is 247 g/mol. The van der Waals surface area contributed by atoms with Crippen LogP contribution in [0.3, 0.4) is 0 Å². The Labute approximate surface area is 106 Å². The highest BCUT2D eigenvalue weighted by Crippen LogP contribution is 2.21. The highest BCUT2D eigenvalue weighted by molar-refractivity contribution is 7.09. The number of aromatic nitrogens is 1. The lowest BCUT2D eigenvalue weighted by molar-refractivity contribution is 0.839. The van der Waals surface area contributed by atoms with E-state index >= 15 is 0 Å². The van der Waals surface area contributed by atoms with Crippen molar-refractivity contribution in [2.45, 2.75) is 13.5 Å².